The molecule has 0 spiro atoms. The van der Waals surface area contributed by atoms with Crippen LogP contribution in [0.15, 0.2) is 84.9 Å². The quantitative estimate of drug-likeness (QED) is 0.149. The van der Waals surface area contributed by atoms with Crippen LogP contribution in [-0.2, 0) is 5.41 Å². The summed E-state index contributed by atoms with van der Waals surface area (Å²) in [5.41, 5.74) is 10.8. The highest BCUT2D eigenvalue weighted by Crippen LogP contribution is 2.60. The highest BCUT2D eigenvalue weighted by Gasteiger charge is 2.49. The lowest BCUT2D eigenvalue weighted by molar-refractivity contribution is 0.342. The van der Waals surface area contributed by atoms with Crippen molar-refractivity contribution in [1.29, 1.82) is 0 Å². The second kappa shape index (κ2) is 13.9. The van der Waals surface area contributed by atoms with E-state index in [0.717, 1.165) is 11.5 Å². The van der Waals surface area contributed by atoms with E-state index >= 15 is 0 Å². The summed E-state index contributed by atoms with van der Waals surface area (Å²) in [6, 6.07) is 32.5. The average molecular weight is 635 g/mol. The first-order chi connectivity index (χ1) is 22.3. The zero-order chi connectivity index (χ0) is 30.6. The van der Waals surface area contributed by atoms with Gasteiger partial charge in [0.2, 0.25) is 0 Å². The summed E-state index contributed by atoms with van der Waals surface area (Å²) in [6.45, 7) is 1.23. The molecule has 0 aromatic heterocycles. The zero-order valence-electron chi connectivity index (χ0n) is 26.3. The lowest BCUT2D eigenvalue weighted by Gasteiger charge is -2.40. The van der Waals surface area contributed by atoms with Crippen LogP contribution in [0.5, 0.6) is 11.5 Å². The standard InChI is InChI=1S/C41H46O2S2/c44-25-23-42-31-19-21-39(35(27-31)29-11-3-1-4-12-29)41(37-17-9-7-15-33(37)34-16-8-10-18-38(34)41)40-22-20-32(43-24-26-45)28-36(40)30-13-5-2-6-14-30/h7-10,15-22,27-30,44-45H,1-6,11-14,23-26H2. The summed E-state index contributed by atoms with van der Waals surface area (Å²) >= 11 is 8.89. The Bertz CT molecular complexity index is 1490. The minimum absolute atomic E-state index is 0.434. The first kappa shape index (κ1) is 30.8. The Kier molecular flexibility index (Phi) is 9.51. The van der Waals surface area contributed by atoms with Gasteiger partial charge < -0.3 is 9.47 Å². The van der Waals surface area contributed by atoms with E-state index in [1.165, 1.54) is 109 Å². The fourth-order valence-electron chi connectivity index (χ4n) is 8.73. The van der Waals surface area contributed by atoms with Crippen LogP contribution < -0.4 is 9.47 Å². The number of hydrogen-bond donors (Lipinski definition) is 2. The molecule has 4 aromatic carbocycles. The molecule has 0 atom stereocenters. The molecule has 0 amide bonds. The molecule has 0 bridgehead atoms. The average Bonchev–Trinajstić information content (AvgIpc) is 3.41. The highest BCUT2D eigenvalue weighted by atomic mass is 32.1. The fraction of sp³-hybridized carbons (Fsp3) is 0.415. The number of benzene rings is 4. The van der Waals surface area contributed by atoms with Crippen molar-refractivity contribution in [3.05, 3.63) is 118 Å². The van der Waals surface area contributed by atoms with Crippen molar-refractivity contribution in [1.82, 2.24) is 0 Å². The molecule has 2 fully saturated rings. The molecule has 4 aromatic rings. The number of rotatable bonds is 10. The van der Waals surface area contributed by atoms with Crippen molar-refractivity contribution >= 4 is 25.3 Å². The van der Waals surface area contributed by atoms with Gasteiger partial charge in [0.05, 0.1) is 18.6 Å². The summed E-state index contributed by atoms with van der Waals surface area (Å²) in [6.07, 6.45) is 12.7. The monoisotopic (exact) mass is 634 g/mol. The van der Waals surface area contributed by atoms with E-state index in [1.807, 2.05) is 0 Å². The van der Waals surface area contributed by atoms with Gasteiger partial charge in [0.15, 0.2) is 0 Å². The van der Waals surface area contributed by atoms with E-state index in [2.05, 4.69) is 110 Å². The number of fused-ring (bicyclic) bond motifs is 3. The Morgan fingerprint density at radius 1 is 0.511 bits per heavy atom. The van der Waals surface area contributed by atoms with Crippen LogP contribution in [0.3, 0.4) is 0 Å². The van der Waals surface area contributed by atoms with E-state index in [4.69, 9.17) is 9.47 Å². The molecule has 4 heteroatoms. The summed E-state index contributed by atoms with van der Waals surface area (Å²) in [5.74, 6) is 4.37. The lowest BCUT2D eigenvalue weighted by atomic mass is 9.62. The molecule has 45 heavy (non-hydrogen) atoms. The van der Waals surface area contributed by atoms with Crippen LogP contribution in [0.4, 0.5) is 0 Å². The first-order valence-corrected chi connectivity index (χ1v) is 18.5. The van der Waals surface area contributed by atoms with Crippen molar-refractivity contribution in [3.63, 3.8) is 0 Å². The summed E-state index contributed by atoms with van der Waals surface area (Å²) in [5, 5.41) is 0. The van der Waals surface area contributed by atoms with E-state index in [-0.39, 0.29) is 0 Å². The topological polar surface area (TPSA) is 18.5 Å². The zero-order valence-corrected chi connectivity index (χ0v) is 28.1. The Hall–Kier alpha value is -2.82. The van der Waals surface area contributed by atoms with Crippen LogP contribution in [0.1, 0.15) is 109 Å². The molecular weight excluding hydrogens is 589 g/mol. The summed E-state index contributed by atoms with van der Waals surface area (Å²) in [7, 11) is 0. The Labute approximate surface area is 280 Å². The maximum Gasteiger partial charge on any atom is 0.119 e. The minimum Gasteiger partial charge on any atom is -0.493 e. The van der Waals surface area contributed by atoms with Crippen molar-refractivity contribution in [3.8, 4) is 22.6 Å². The van der Waals surface area contributed by atoms with Crippen molar-refractivity contribution < 1.29 is 9.47 Å². The van der Waals surface area contributed by atoms with Gasteiger partial charge >= 0.3 is 0 Å². The van der Waals surface area contributed by atoms with Crippen molar-refractivity contribution in [2.75, 3.05) is 24.7 Å². The Morgan fingerprint density at radius 3 is 1.36 bits per heavy atom. The molecule has 0 unspecified atom stereocenters. The number of ether oxygens (including phenoxy) is 2. The van der Waals surface area contributed by atoms with Gasteiger partial charge in [-0.25, -0.2) is 0 Å². The van der Waals surface area contributed by atoms with E-state index in [0.29, 0.717) is 36.6 Å². The molecule has 234 valence electrons. The number of thiol groups is 2. The molecular formula is C41H46O2S2. The van der Waals surface area contributed by atoms with Gasteiger partial charge in [0.25, 0.3) is 0 Å². The Balaban J connectivity index is 1.55. The molecule has 0 N–H and O–H groups in total. The van der Waals surface area contributed by atoms with Gasteiger partial charge in [-0.2, -0.15) is 25.3 Å². The summed E-state index contributed by atoms with van der Waals surface area (Å²) < 4.78 is 12.5. The molecule has 2 saturated carbocycles. The van der Waals surface area contributed by atoms with E-state index in [1.54, 1.807) is 0 Å². The van der Waals surface area contributed by atoms with Crippen LogP contribution in [0.25, 0.3) is 11.1 Å². The molecule has 7 rings (SSSR count). The smallest absolute Gasteiger partial charge is 0.119 e. The van der Waals surface area contributed by atoms with E-state index < -0.39 is 5.41 Å². The van der Waals surface area contributed by atoms with Crippen LogP contribution in [-0.4, -0.2) is 24.7 Å². The minimum atomic E-state index is -0.434. The second-order valence-electron chi connectivity index (χ2n) is 13.2. The number of hydrogen-bond acceptors (Lipinski definition) is 4. The predicted octanol–water partition coefficient (Wildman–Crippen LogP) is 10.8. The maximum absolute atomic E-state index is 6.25. The molecule has 0 aliphatic heterocycles. The second-order valence-corrected chi connectivity index (χ2v) is 14.0. The van der Waals surface area contributed by atoms with Gasteiger partial charge in [0, 0.05) is 11.5 Å². The summed E-state index contributed by atoms with van der Waals surface area (Å²) in [4.78, 5) is 0. The van der Waals surface area contributed by atoms with E-state index in [9.17, 15) is 0 Å². The lowest BCUT2D eigenvalue weighted by Crippen LogP contribution is -2.32. The third-order valence-electron chi connectivity index (χ3n) is 10.6. The first-order valence-electron chi connectivity index (χ1n) is 17.2. The molecule has 3 aliphatic rings. The predicted molar refractivity (Wildman–Crippen MR) is 194 cm³/mol. The van der Waals surface area contributed by atoms with Gasteiger partial charge in [-0.3, -0.25) is 0 Å². The third-order valence-corrected chi connectivity index (χ3v) is 11.0. The highest BCUT2D eigenvalue weighted by molar-refractivity contribution is 7.80. The van der Waals surface area contributed by atoms with Crippen molar-refractivity contribution in [2.24, 2.45) is 0 Å². The van der Waals surface area contributed by atoms with Gasteiger partial charge in [-0.15, -0.1) is 0 Å². The van der Waals surface area contributed by atoms with Crippen LogP contribution >= 0.6 is 25.3 Å². The van der Waals surface area contributed by atoms with Crippen molar-refractivity contribution in [2.45, 2.75) is 81.5 Å². The van der Waals surface area contributed by atoms with Gasteiger partial charge in [-0.1, -0.05) is 99.2 Å². The SMILES string of the molecule is SCCOc1ccc(C2(c3ccc(OCCS)cc3C3CCCCC3)c3ccccc3-c3ccccc32)c(C2CCCCC2)c1. The molecule has 2 nitrogen and oxygen atoms in total. The maximum atomic E-state index is 6.25. The van der Waals surface area contributed by atoms with Crippen LogP contribution in [0.2, 0.25) is 0 Å². The fourth-order valence-corrected chi connectivity index (χ4v) is 8.92. The largest absolute Gasteiger partial charge is 0.493 e. The molecule has 0 saturated heterocycles. The molecule has 0 radical (unpaired) electrons. The van der Waals surface area contributed by atoms with Crippen LogP contribution in [0, 0.1) is 0 Å². The third kappa shape index (κ3) is 5.71. The van der Waals surface area contributed by atoms with Gasteiger partial charge in [0.1, 0.15) is 11.5 Å². The molecule has 0 heterocycles. The normalized spacial score (nSPS) is 17.9. The molecule has 3 aliphatic carbocycles. The Morgan fingerprint density at radius 2 is 0.933 bits per heavy atom. The van der Waals surface area contributed by atoms with Gasteiger partial charge in [-0.05, 0) is 106 Å².